The molecule has 1 N–H and O–H groups in total. The fourth-order valence-corrected chi connectivity index (χ4v) is 2.21. The van der Waals surface area contributed by atoms with Crippen molar-refractivity contribution in [2.75, 3.05) is 18.0 Å². The van der Waals surface area contributed by atoms with Gasteiger partial charge in [-0.05, 0) is 44.5 Å². The zero-order valence-corrected chi connectivity index (χ0v) is 13.2. The maximum absolute atomic E-state index is 11.8. The van der Waals surface area contributed by atoms with Gasteiger partial charge in [0.25, 0.3) is 5.91 Å². The molecule has 116 valence electrons. The van der Waals surface area contributed by atoms with Crippen molar-refractivity contribution in [3.8, 4) is 0 Å². The second-order valence-corrected chi connectivity index (χ2v) is 4.85. The minimum Gasteiger partial charge on any atom is -0.469 e. The Kier molecular flexibility index (Phi) is 5.36. The van der Waals surface area contributed by atoms with E-state index in [-0.39, 0.29) is 5.91 Å². The second-order valence-electron chi connectivity index (χ2n) is 4.85. The van der Waals surface area contributed by atoms with E-state index in [1.165, 1.54) is 12.0 Å². The molecule has 5 heteroatoms. The Morgan fingerprint density at radius 2 is 1.91 bits per heavy atom. The first-order chi connectivity index (χ1) is 10.7. The van der Waals surface area contributed by atoms with E-state index >= 15 is 0 Å². The van der Waals surface area contributed by atoms with Crippen LogP contribution in [0.4, 0.5) is 5.69 Å². The van der Waals surface area contributed by atoms with E-state index in [2.05, 4.69) is 41.4 Å². The Balaban J connectivity index is 1.96. The highest BCUT2D eigenvalue weighted by molar-refractivity contribution is 5.95. The van der Waals surface area contributed by atoms with Gasteiger partial charge in [0.1, 0.15) is 5.76 Å². The van der Waals surface area contributed by atoms with Crippen molar-refractivity contribution >= 4 is 17.8 Å². The van der Waals surface area contributed by atoms with Crippen molar-refractivity contribution in [3.05, 3.63) is 53.5 Å². The highest BCUT2D eigenvalue weighted by Gasteiger charge is 2.09. The van der Waals surface area contributed by atoms with Crippen LogP contribution < -0.4 is 10.3 Å². The Bertz CT molecular complexity index is 640. The number of carbonyl (C=O) groups excluding carboxylic acids is 1. The van der Waals surface area contributed by atoms with Gasteiger partial charge in [0.15, 0.2) is 0 Å². The van der Waals surface area contributed by atoms with E-state index in [9.17, 15) is 4.79 Å². The average Bonchev–Trinajstić information content (AvgIpc) is 2.96. The van der Waals surface area contributed by atoms with Crippen molar-refractivity contribution in [3.63, 3.8) is 0 Å². The number of nitrogens with one attached hydrogen (secondary N) is 1. The average molecular weight is 299 g/mol. The predicted octanol–water partition coefficient (Wildman–Crippen LogP) is 3.20. The van der Waals surface area contributed by atoms with Gasteiger partial charge in [0.2, 0.25) is 0 Å². The number of rotatable bonds is 6. The molecule has 1 amide bonds. The lowest BCUT2D eigenvalue weighted by Gasteiger charge is -2.20. The van der Waals surface area contributed by atoms with Gasteiger partial charge in [-0.15, -0.1) is 0 Å². The Morgan fingerprint density at radius 3 is 2.45 bits per heavy atom. The van der Waals surface area contributed by atoms with E-state index in [0.717, 1.165) is 18.7 Å². The van der Waals surface area contributed by atoms with Gasteiger partial charge in [-0.2, -0.15) is 5.10 Å². The zero-order chi connectivity index (χ0) is 15.9. The summed E-state index contributed by atoms with van der Waals surface area (Å²) in [6.45, 7) is 7.96. The number of hydrazone groups is 1. The zero-order valence-electron chi connectivity index (χ0n) is 13.2. The Morgan fingerprint density at radius 1 is 1.23 bits per heavy atom. The molecule has 2 aromatic rings. The minimum atomic E-state index is -0.276. The quantitative estimate of drug-likeness (QED) is 0.658. The summed E-state index contributed by atoms with van der Waals surface area (Å²) >= 11 is 0. The van der Waals surface area contributed by atoms with Gasteiger partial charge in [-0.3, -0.25) is 4.79 Å². The van der Waals surface area contributed by atoms with Crippen LogP contribution in [-0.4, -0.2) is 25.2 Å². The van der Waals surface area contributed by atoms with Crippen LogP contribution in [0.15, 0.2) is 46.1 Å². The molecule has 0 aliphatic heterocycles. The van der Waals surface area contributed by atoms with E-state index in [1.54, 1.807) is 19.2 Å². The molecular weight excluding hydrogens is 278 g/mol. The molecule has 0 fully saturated rings. The fourth-order valence-electron chi connectivity index (χ4n) is 2.21. The first-order valence-corrected chi connectivity index (χ1v) is 7.38. The highest BCUT2D eigenvalue weighted by atomic mass is 16.3. The van der Waals surface area contributed by atoms with Crippen LogP contribution in [0.25, 0.3) is 0 Å². The van der Waals surface area contributed by atoms with Crippen molar-refractivity contribution in [2.24, 2.45) is 5.10 Å². The van der Waals surface area contributed by atoms with Gasteiger partial charge < -0.3 is 9.32 Å². The van der Waals surface area contributed by atoms with Gasteiger partial charge in [0, 0.05) is 18.8 Å². The number of benzene rings is 1. The van der Waals surface area contributed by atoms with Crippen molar-refractivity contribution in [1.29, 1.82) is 0 Å². The van der Waals surface area contributed by atoms with Crippen LogP contribution in [0, 0.1) is 6.92 Å². The molecule has 1 aromatic carbocycles. The first kappa shape index (κ1) is 15.8. The molecule has 1 aromatic heterocycles. The van der Waals surface area contributed by atoms with Crippen molar-refractivity contribution in [1.82, 2.24) is 5.43 Å². The summed E-state index contributed by atoms with van der Waals surface area (Å²) in [4.78, 5) is 14.1. The van der Waals surface area contributed by atoms with Crippen LogP contribution in [-0.2, 0) is 0 Å². The smallest absolute Gasteiger partial charge is 0.274 e. The third kappa shape index (κ3) is 3.75. The van der Waals surface area contributed by atoms with Crippen LogP contribution in [0.3, 0.4) is 0 Å². The van der Waals surface area contributed by atoms with Crippen molar-refractivity contribution < 1.29 is 9.21 Å². The van der Waals surface area contributed by atoms with Gasteiger partial charge in [0.05, 0.1) is 18.0 Å². The molecule has 0 radical (unpaired) electrons. The fraction of sp³-hybridized carbons (Fsp3) is 0.294. The topological polar surface area (TPSA) is 57.8 Å². The standard InChI is InChI=1S/C17H21N3O2/c1-4-20(5-2)15-8-6-14(7-9-15)12-18-19-17(21)16-10-11-22-13(16)3/h6-12H,4-5H2,1-3H3,(H,19,21)/b18-12-. The largest absolute Gasteiger partial charge is 0.469 e. The number of aryl methyl sites for hydroxylation is 1. The molecule has 1 heterocycles. The second kappa shape index (κ2) is 7.45. The van der Waals surface area contributed by atoms with E-state index in [4.69, 9.17) is 4.42 Å². The molecule has 0 atom stereocenters. The summed E-state index contributed by atoms with van der Waals surface area (Å²) < 4.78 is 5.09. The molecule has 0 aliphatic rings. The van der Waals surface area contributed by atoms with Gasteiger partial charge in [-0.1, -0.05) is 12.1 Å². The van der Waals surface area contributed by atoms with Crippen LogP contribution in [0.2, 0.25) is 0 Å². The van der Waals surface area contributed by atoms with Crippen LogP contribution in [0.1, 0.15) is 35.5 Å². The third-order valence-corrected chi connectivity index (χ3v) is 3.50. The SMILES string of the molecule is CCN(CC)c1ccc(/C=N\NC(=O)c2ccoc2C)cc1. The van der Waals surface area contributed by atoms with E-state index < -0.39 is 0 Å². The number of anilines is 1. The lowest BCUT2D eigenvalue weighted by Crippen LogP contribution is -2.21. The third-order valence-electron chi connectivity index (χ3n) is 3.50. The number of nitrogens with zero attached hydrogens (tertiary/aromatic N) is 2. The number of amides is 1. The molecule has 22 heavy (non-hydrogen) atoms. The summed E-state index contributed by atoms with van der Waals surface area (Å²) in [6.07, 6.45) is 3.11. The maximum atomic E-state index is 11.8. The monoisotopic (exact) mass is 299 g/mol. The molecule has 0 spiro atoms. The Hall–Kier alpha value is -2.56. The van der Waals surface area contributed by atoms with Crippen LogP contribution >= 0.6 is 0 Å². The maximum Gasteiger partial charge on any atom is 0.274 e. The molecule has 5 nitrogen and oxygen atoms in total. The van der Waals surface area contributed by atoms with Crippen LogP contribution in [0.5, 0.6) is 0 Å². The number of hydrogen-bond acceptors (Lipinski definition) is 4. The molecule has 0 unspecified atom stereocenters. The molecule has 2 rings (SSSR count). The number of carbonyl (C=O) groups is 1. The molecular formula is C17H21N3O2. The molecule has 0 aliphatic carbocycles. The predicted molar refractivity (Wildman–Crippen MR) is 88.5 cm³/mol. The number of furan rings is 1. The Labute approximate surface area is 130 Å². The highest BCUT2D eigenvalue weighted by Crippen LogP contribution is 2.14. The summed E-state index contributed by atoms with van der Waals surface area (Å²) in [5.74, 6) is 0.304. The molecule has 0 saturated heterocycles. The summed E-state index contributed by atoms with van der Waals surface area (Å²) in [7, 11) is 0. The lowest BCUT2D eigenvalue weighted by molar-refractivity contribution is 0.0953. The summed E-state index contributed by atoms with van der Waals surface area (Å²) in [6, 6.07) is 9.69. The molecule has 0 saturated carbocycles. The normalized spacial score (nSPS) is 10.9. The van der Waals surface area contributed by atoms with E-state index in [0.29, 0.717) is 11.3 Å². The minimum absolute atomic E-state index is 0.276. The lowest BCUT2D eigenvalue weighted by atomic mass is 10.2. The van der Waals surface area contributed by atoms with Gasteiger partial charge in [-0.25, -0.2) is 5.43 Å². The first-order valence-electron chi connectivity index (χ1n) is 7.38. The number of hydrogen-bond donors (Lipinski definition) is 1. The summed E-state index contributed by atoms with van der Waals surface area (Å²) in [5.41, 5.74) is 5.10. The van der Waals surface area contributed by atoms with E-state index in [1.807, 2.05) is 12.1 Å². The van der Waals surface area contributed by atoms with Crippen molar-refractivity contribution in [2.45, 2.75) is 20.8 Å². The summed E-state index contributed by atoms with van der Waals surface area (Å²) in [5, 5.41) is 3.97. The van der Waals surface area contributed by atoms with Gasteiger partial charge >= 0.3 is 0 Å². The molecule has 0 bridgehead atoms.